The zero-order valence-electron chi connectivity index (χ0n) is 18.8. The van der Waals surface area contributed by atoms with Crippen LogP contribution in [-0.2, 0) is 11.2 Å². The largest absolute Gasteiger partial charge is 0.497 e. The van der Waals surface area contributed by atoms with Crippen LogP contribution in [0, 0.1) is 0 Å². The number of nitrogens with one attached hydrogen (secondary N) is 2. The molecule has 1 aromatic heterocycles. The lowest BCUT2D eigenvalue weighted by Gasteiger charge is -2.29. The number of nitrogens with zero attached hydrogens (tertiary/aromatic N) is 3. The van der Waals surface area contributed by atoms with Gasteiger partial charge in [-0.05, 0) is 67.8 Å². The number of piperidine rings is 1. The molecule has 0 bridgehead atoms. The number of amides is 3. The Morgan fingerprint density at radius 3 is 2.32 bits per heavy atom. The van der Waals surface area contributed by atoms with Gasteiger partial charge in [0, 0.05) is 42.1 Å². The standard InChI is InChI=1S/C25H25N5O4/c1-34-19-11-5-16(6-12-19)26-24(32)22-20-13-15-30(25(33)23(20)28-27-22)18-9-7-17(8-10-18)29-14-3-2-4-21(29)31/h5-12H,2-4,13-15H2,1H3,(H,26,32)(H,27,28). The van der Waals surface area contributed by atoms with Gasteiger partial charge in [0.05, 0.1) is 7.11 Å². The Morgan fingerprint density at radius 2 is 1.65 bits per heavy atom. The van der Waals surface area contributed by atoms with E-state index in [4.69, 9.17) is 4.74 Å². The maximum Gasteiger partial charge on any atom is 0.276 e. The normalized spacial score (nSPS) is 15.8. The lowest BCUT2D eigenvalue weighted by atomic mass is 10.0. The molecular formula is C25H25N5O4. The number of H-pyrrole nitrogens is 1. The van der Waals surface area contributed by atoms with E-state index in [-0.39, 0.29) is 23.4 Å². The van der Waals surface area contributed by atoms with Crippen LogP contribution in [0.5, 0.6) is 5.75 Å². The van der Waals surface area contributed by atoms with Crippen LogP contribution in [0.15, 0.2) is 48.5 Å². The molecule has 34 heavy (non-hydrogen) atoms. The number of fused-ring (bicyclic) bond motifs is 1. The Balaban J connectivity index is 1.31. The fraction of sp³-hybridized carbons (Fsp3) is 0.280. The number of hydrogen-bond acceptors (Lipinski definition) is 5. The molecule has 9 nitrogen and oxygen atoms in total. The van der Waals surface area contributed by atoms with Crippen LogP contribution < -0.4 is 19.9 Å². The van der Waals surface area contributed by atoms with Gasteiger partial charge in [-0.25, -0.2) is 0 Å². The molecule has 3 amide bonds. The first-order valence-corrected chi connectivity index (χ1v) is 11.3. The van der Waals surface area contributed by atoms with Crippen molar-refractivity contribution in [3.05, 3.63) is 65.5 Å². The van der Waals surface area contributed by atoms with Crippen LogP contribution in [0.25, 0.3) is 0 Å². The molecule has 3 heterocycles. The van der Waals surface area contributed by atoms with Crippen LogP contribution in [-0.4, -0.2) is 48.1 Å². The second-order valence-electron chi connectivity index (χ2n) is 8.33. The van der Waals surface area contributed by atoms with Gasteiger partial charge in [-0.2, -0.15) is 5.10 Å². The molecule has 0 saturated carbocycles. The van der Waals surface area contributed by atoms with E-state index in [1.54, 1.807) is 41.2 Å². The fourth-order valence-electron chi connectivity index (χ4n) is 4.44. The highest BCUT2D eigenvalue weighted by Gasteiger charge is 2.32. The number of carbonyl (C=O) groups is 3. The summed E-state index contributed by atoms with van der Waals surface area (Å²) in [5, 5.41) is 9.70. The Morgan fingerprint density at radius 1 is 0.941 bits per heavy atom. The van der Waals surface area contributed by atoms with Crippen LogP contribution >= 0.6 is 0 Å². The molecule has 1 saturated heterocycles. The second kappa shape index (κ2) is 9.01. The van der Waals surface area contributed by atoms with E-state index in [0.29, 0.717) is 42.1 Å². The monoisotopic (exact) mass is 459 g/mol. The van der Waals surface area contributed by atoms with Gasteiger partial charge in [0.1, 0.15) is 11.4 Å². The van der Waals surface area contributed by atoms with Gasteiger partial charge in [0.25, 0.3) is 11.8 Å². The number of rotatable bonds is 5. The van der Waals surface area contributed by atoms with Gasteiger partial charge in [-0.15, -0.1) is 0 Å². The molecule has 2 aliphatic rings. The summed E-state index contributed by atoms with van der Waals surface area (Å²) in [7, 11) is 1.58. The van der Waals surface area contributed by atoms with E-state index in [0.717, 1.165) is 30.8 Å². The molecule has 2 aliphatic heterocycles. The van der Waals surface area contributed by atoms with Crippen molar-refractivity contribution in [3.63, 3.8) is 0 Å². The molecule has 0 spiro atoms. The van der Waals surface area contributed by atoms with Crippen molar-refractivity contribution in [1.29, 1.82) is 0 Å². The average molecular weight is 460 g/mol. The predicted molar refractivity (Wildman–Crippen MR) is 128 cm³/mol. The summed E-state index contributed by atoms with van der Waals surface area (Å²) < 4.78 is 5.13. The smallest absolute Gasteiger partial charge is 0.276 e. The summed E-state index contributed by atoms with van der Waals surface area (Å²) in [6, 6.07) is 14.5. The third-order valence-electron chi connectivity index (χ3n) is 6.27. The number of aromatic amines is 1. The van der Waals surface area contributed by atoms with Gasteiger partial charge in [-0.1, -0.05) is 0 Å². The molecular weight excluding hydrogens is 434 g/mol. The van der Waals surface area contributed by atoms with Crippen LogP contribution in [0.2, 0.25) is 0 Å². The summed E-state index contributed by atoms with van der Waals surface area (Å²) in [6.45, 7) is 1.15. The summed E-state index contributed by atoms with van der Waals surface area (Å²) in [4.78, 5) is 41.6. The van der Waals surface area contributed by atoms with E-state index in [2.05, 4.69) is 15.5 Å². The summed E-state index contributed by atoms with van der Waals surface area (Å²) in [5.74, 6) is 0.213. The fourth-order valence-corrected chi connectivity index (χ4v) is 4.44. The number of carbonyl (C=O) groups excluding carboxylic acids is 3. The number of anilines is 3. The summed E-state index contributed by atoms with van der Waals surface area (Å²) in [5.41, 5.74) is 3.35. The van der Waals surface area contributed by atoms with Gasteiger partial charge in [0.2, 0.25) is 5.91 Å². The molecule has 9 heteroatoms. The third-order valence-corrected chi connectivity index (χ3v) is 6.27. The molecule has 5 rings (SSSR count). The Bertz CT molecular complexity index is 1230. The summed E-state index contributed by atoms with van der Waals surface area (Å²) >= 11 is 0. The van der Waals surface area contributed by atoms with E-state index < -0.39 is 0 Å². The molecule has 1 fully saturated rings. The maximum absolute atomic E-state index is 13.2. The van der Waals surface area contributed by atoms with Crippen molar-refractivity contribution >= 4 is 34.8 Å². The van der Waals surface area contributed by atoms with Crippen LogP contribution in [0.1, 0.15) is 45.8 Å². The Hall–Kier alpha value is -4.14. The molecule has 0 unspecified atom stereocenters. The van der Waals surface area contributed by atoms with Crippen LogP contribution in [0.4, 0.5) is 17.1 Å². The molecule has 0 aliphatic carbocycles. The number of benzene rings is 2. The molecule has 2 aromatic carbocycles. The first-order valence-electron chi connectivity index (χ1n) is 11.3. The first-order chi connectivity index (χ1) is 16.5. The highest BCUT2D eigenvalue weighted by Crippen LogP contribution is 2.29. The topological polar surface area (TPSA) is 108 Å². The van der Waals surface area contributed by atoms with Crippen molar-refractivity contribution < 1.29 is 19.1 Å². The maximum atomic E-state index is 13.2. The highest BCUT2D eigenvalue weighted by atomic mass is 16.5. The Labute approximate surface area is 196 Å². The number of ether oxygens (including phenoxy) is 1. The quantitative estimate of drug-likeness (QED) is 0.608. The minimum atomic E-state index is -0.375. The van der Waals surface area contributed by atoms with E-state index in [1.165, 1.54) is 0 Å². The van der Waals surface area contributed by atoms with Crippen LogP contribution in [0.3, 0.4) is 0 Å². The number of methoxy groups -OCH3 is 1. The van der Waals surface area contributed by atoms with Crippen molar-refractivity contribution in [2.45, 2.75) is 25.7 Å². The van der Waals surface area contributed by atoms with Crippen molar-refractivity contribution in [1.82, 2.24) is 10.2 Å². The van der Waals surface area contributed by atoms with E-state index in [1.807, 2.05) is 24.3 Å². The molecule has 174 valence electrons. The first kappa shape index (κ1) is 21.7. The lowest BCUT2D eigenvalue weighted by Crippen LogP contribution is -2.38. The van der Waals surface area contributed by atoms with Gasteiger partial charge < -0.3 is 19.9 Å². The lowest BCUT2D eigenvalue weighted by molar-refractivity contribution is -0.119. The minimum absolute atomic E-state index is 0.135. The molecule has 0 radical (unpaired) electrons. The zero-order valence-corrected chi connectivity index (χ0v) is 18.8. The molecule has 0 atom stereocenters. The third kappa shape index (κ3) is 4.00. The van der Waals surface area contributed by atoms with Gasteiger partial charge in [0.15, 0.2) is 5.69 Å². The number of aromatic nitrogens is 2. The Kier molecular flexibility index (Phi) is 5.75. The predicted octanol–water partition coefficient (Wildman–Crippen LogP) is 3.39. The van der Waals surface area contributed by atoms with Gasteiger partial charge in [-0.3, -0.25) is 19.5 Å². The average Bonchev–Trinajstić information content (AvgIpc) is 3.31. The van der Waals surface area contributed by atoms with Crippen molar-refractivity contribution in [2.24, 2.45) is 0 Å². The van der Waals surface area contributed by atoms with Crippen molar-refractivity contribution in [3.8, 4) is 5.75 Å². The van der Waals surface area contributed by atoms with E-state index in [9.17, 15) is 14.4 Å². The summed E-state index contributed by atoms with van der Waals surface area (Å²) in [6.07, 6.45) is 3.00. The zero-order chi connectivity index (χ0) is 23.7. The van der Waals surface area contributed by atoms with Gasteiger partial charge >= 0.3 is 0 Å². The SMILES string of the molecule is COc1ccc(NC(=O)c2n[nH]c3c2CCN(c2ccc(N4CCCCC4=O)cc2)C3=O)cc1. The molecule has 3 aromatic rings. The second-order valence-corrected chi connectivity index (χ2v) is 8.33. The highest BCUT2D eigenvalue weighted by molar-refractivity contribution is 6.11. The van der Waals surface area contributed by atoms with Crippen molar-refractivity contribution in [2.75, 3.05) is 35.3 Å². The number of hydrogen-bond donors (Lipinski definition) is 2. The minimum Gasteiger partial charge on any atom is -0.497 e. The van der Waals surface area contributed by atoms with E-state index >= 15 is 0 Å². The molecule has 2 N–H and O–H groups in total.